The number of piperidine rings is 1. The van der Waals surface area contributed by atoms with Crippen LogP contribution in [0.3, 0.4) is 0 Å². The number of halogens is 1. The molecule has 1 N–H and O–H groups in total. The Morgan fingerprint density at radius 3 is 2.32 bits per heavy atom. The van der Waals surface area contributed by atoms with E-state index in [4.69, 9.17) is 4.74 Å². The number of hydrogen-bond acceptors (Lipinski definition) is 2. The molecule has 34 heavy (non-hydrogen) atoms. The predicted octanol–water partition coefficient (Wildman–Crippen LogP) is 3.15. The average molecular weight is 568 g/mol. The van der Waals surface area contributed by atoms with Crippen molar-refractivity contribution in [3.05, 3.63) is 90.0 Å². The summed E-state index contributed by atoms with van der Waals surface area (Å²) in [5, 5.41) is 2.97. The Labute approximate surface area is 220 Å². The molecule has 3 aromatic carbocycles. The predicted molar refractivity (Wildman–Crippen MR) is 136 cm³/mol. The number of quaternary nitrogens is 1. The van der Waals surface area contributed by atoms with Crippen LogP contribution < -0.4 is 34.0 Å². The zero-order valence-electron chi connectivity index (χ0n) is 20.0. The summed E-state index contributed by atoms with van der Waals surface area (Å²) in [6.07, 6.45) is 7.43. The molecule has 1 amide bonds. The Hall–Kier alpha value is -2.64. The number of likely N-dealkylation sites (tertiary alicyclic amines) is 1. The number of hydrogen-bond donors (Lipinski definition) is 1. The molecule has 0 aliphatic carbocycles. The van der Waals surface area contributed by atoms with Crippen molar-refractivity contribution in [3.8, 4) is 16.9 Å². The molecule has 5 heteroatoms. The summed E-state index contributed by atoms with van der Waals surface area (Å²) in [4.78, 5) is 12.4. The molecule has 178 valence electrons. The minimum atomic E-state index is -0.132. The van der Waals surface area contributed by atoms with Gasteiger partial charge in [-0.2, -0.15) is 0 Å². The topological polar surface area (TPSA) is 38.3 Å². The lowest BCUT2D eigenvalue weighted by atomic mass is 10.0. The van der Waals surface area contributed by atoms with Crippen LogP contribution in [-0.4, -0.2) is 37.6 Å². The van der Waals surface area contributed by atoms with Gasteiger partial charge in [0.05, 0.1) is 27.2 Å². The third-order valence-corrected chi connectivity index (χ3v) is 6.42. The normalized spacial score (nSPS) is 14.9. The minimum Gasteiger partial charge on any atom is -1.00 e. The minimum absolute atomic E-state index is 0. The van der Waals surface area contributed by atoms with Crippen molar-refractivity contribution < 1.29 is 38.0 Å². The molecular formula is C29H33IN2O2. The van der Waals surface area contributed by atoms with Crippen molar-refractivity contribution >= 4 is 17.7 Å². The average Bonchev–Trinajstić information content (AvgIpc) is 2.84. The largest absolute Gasteiger partial charge is 1.00 e. The van der Waals surface area contributed by atoms with Gasteiger partial charge < -0.3 is 38.5 Å². The van der Waals surface area contributed by atoms with Gasteiger partial charge in [0, 0.05) is 17.3 Å². The smallest absolute Gasteiger partial charge is 0.248 e. The Morgan fingerprint density at radius 2 is 1.65 bits per heavy atom. The zero-order chi connectivity index (χ0) is 23.1. The number of carbonyl (C=O) groups excluding carboxylic acids is 1. The van der Waals surface area contributed by atoms with E-state index < -0.39 is 0 Å². The molecule has 0 bridgehead atoms. The molecule has 0 atom stereocenters. The van der Waals surface area contributed by atoms with Gasteiger partial charge in [0.1, 0.15) is 12.3 Å². The monoisotopic (exact) mass is 568 g/mol. The molecule has 0 saturated carbocycles. The maximum Gasteiger partial charge on any atom is 0.248 e. The first-order valence-electron chi connectivity index (χ1n) is 11.7. The molecular weight excluding hydrogens is 535 g/mol. The molecule has 0 aromatic heterocycles. The highest BCUT2D eigenvalue weighted by Crippen LogP contribution is 2.24. The van der Waals surface area contributed by atoms with Gasteiger partial charge in [0.2, 0.25) is 5.91 Å². The molecule has 0 radical (unpaired) electrons. The van der Waals surface area contributed by atoms with Crippen molar-refractivity contribution in [1.82, 2.24) is 0 Å². The summed E-state index contributed by atoms with van der Waals surface area (Å²) >= 11 is 0. The first kappa shape index (κ1) is 26.0. The molecule has 4 nitrogen and oxygen atoms in total. The van der Waals surface area contributed by atoms with Gasteiger partial charge in [-0.1, -0.05) is 42.5 Å². The summed E-state index contributed by atoms with van der Waals surface area (Å²) in [7, 11) is 4.01. The van der Waals surface area contributed by atoms with E-state index in [0.717, 1.165) is 39.2 Å². The Bertz CT molecular complexity index is 1100. The lowest BCUT2D eigenvalue weighted by Crippen LogP contribution is -3.00. The molecule has 1 aliphatic heterocycles. The number of methoxy groups -OCH3 is 1. The van der Waals surface area contributed by atoms with E-state index in [-0.39, 0.29) is 29.9 Å². The molecule has 1 fully saturated rings. The number of carbonyl (C=O) groups is 1. The molecule has 4 rings (SSSR count). The third kappa shape index (κ3) is 7.18. The third-order valence-electron chi connectivity index (χ3n) is 6.42. The lowest BCUT2D eigenvalue weighted by molar-refractivity contribution is -0.926. The van der Waals surface area contributed by atoms with Gasteiger partial charge in [-0.3, -0.25) is 4.79 Å². The molecule has 0 spiro atoms. The SMILES string of the molecule is COc1ccc(-c2cccc(/C=C/C(=O)Nc3ccc(C[N+]4(C)CCCCC4)cc3)c2)cc1.[I-]. The van der Waals surface area contributed by atoms with E-state index >= 15 is 0 Å². The lowest BCUT2D eigenvalue weighted by Gasteiger charge is -2.37. The number of anilines is 1. The first-order valence-corrected chi connectivity index (χ1v) is 11.7. The van der Waals surface area contributed by atoms with Gasteiger partial charge in [-0.05, 0) is 72.4 Å². The van der Waals surface area contributed by atoms with Crippen LogP contribution in [0, 0.1) is 0 Å². The second kappa shape index (κ2) is 12.2. The number of ether oxygens (including phenoxy) is 1. The van der Waals surface area contributed by atoms with E-state index in [2.05, 4.69) is 36.6 Å². The number of nitrogens with zero attached hydrogens (tertiary/aromatic N) is 1. The molecule has 1 saturated heterocycles. The van der Waals surface area contributed by atoms with Crippen molar-refractivity contribution in [1.29, 1.82) is 0 Å². The summed E-state index contributed by atoms with van der Waals surface area (Å²) in [5.41, 5.74) is 5.33. The van der Waals surface area contributed by atoms with Crippen molar-refractivity contribution in [2.45, 2.75) is 25.8 Å². The van der Waals surface area contributed by atoms with E-state index in [1.54, 1.807) is 13.2 Å². The van der Waals surface area contributed by atoms with E-state index in [1.807, 2.05) is 54.6 Å². The number of amides is 1. The summed E-state index contributed by atoms with van der Waals surface area (Å²) in [6, 6.07) is 24.4. The second-order valence-electron chi connectivity index (χ2n) is 9.16. The highest BCUT2D eigenvalue weighted by Gasteiger charge is 2.24. The van der Waals surface area contributed by atoms with Gasteiger partial charge >= 0.3 is 0 Å². The van der Waals surface area contributed by atoms with Crippen LogP contribution >= 0.6 is 0 Å². The fourth-order valence-corrected chi connectivity index (χ4v) is 4.53. The number of rotatable bonds is 7. The van der Waals surface area contributed by atoms with Crippen LogP contribution in [-0.2, 0) is 11.3 Å². The summed E-state index contributed by atoms with van der Waals surface area (Å²) in [6.45, 7) is 3.56. The van der Waals surface area contributed by atoms with Crippen molar-refractivity contribution in [3.63, 3.8) is 0 Å². The van der Waals surface area contributed by atoms with Crippen LogP contribution in [0.1, 0.15) is 30.4 Å². The quantitative estimate of drug-likeness (QED) is 0.270. The van der Waals surface area contributed by atoms with Crippen LogP contribution in [0.25, 0.3) is 17.2 Å². The number of benzene rings is 3. The zero-order valence-corrected chi connectivity index (χ0v) is 22.1. The molecule has 1 aliphatic rings. The van der Waals surface area contributed by atoms with E-state index in [0.29, 0.717) is 0 Å². The highest BCUT2D eigenvalue weighted by molar-refractivity contribution is 6.02. The Morgan fingerprint density at radius 1 is 0.941 bits per heavy atom. The molecule has 3 aromatic rings. The maximum atomic E-state index is 12.4. The highest BCUT2D eigenvalue weighted by atomic mass is 127. The summed E-state index contributed by atoms with van der Waals surface area (Å²) < 4.78 is 6.35. The van der Waals surface area contributed by atoms with Gasteiger partial charge in [0.15, 0.2) is 0 Å². The van der Waals surface area contributed by atoms with Crippen LogP contribution in [0.4, 0.5) is 5.69 Å². The van der Waals surface area contributed by atoms with E-state index in [1.165, 1.54) is 37.9 Å². The second-order valence-corrected chi connectivity index (χ2v) is 9.16. The van der Waals surface area contributed by atoms with E-state index in [9.17, 15) is 4.79 Å². The van der Waals surface area contributed by atoms with Gasteiger partial charge in [-0.15, -0.1) is 0 Å². The van der Waals surface area contributed by atoms with Gasteiger partial charge in [-0.25, -0.2) is 0 Å². The van der Waals surface area contributed by atoms with Gasteiger partial charge in [0.25, 0.3) is 0 Å². The van der Waals surface area contributed by atoms with Crippen LogP contribution in [0.15, 0.2) is 78.9 Å². The van der Waals surface area contributed by atoms with Crippen molar-refractivity contribution in [2.24, 2.45) is 0 Å². The molecule has 1 heterocycles. The maximum absolute atomic E-state index is 12.4. The number of nitrogens with one attached hydrogen (secondary N) is 1. The fraction of sp³-hybridized carbons (Fsp3) is 0.276. The van der Waals surface area contributed by atoms with Crippen LogP contribution in [0.5, 0.6) is 5.75 Å². The first-order chi connectivity index (χ1) is 16.0. The fourth-order valence-electron chi connectivity index (χ4n) is 4.53. The van der Waals surface area contributed by atoms with Crippen molar-refractivity contribution in [2.75, 3.05) is 32.6 Å². The summed E-state index contributed by atoms with van der Waals surface area (Å²) in [5.74, 6) is 0.703. The standard InChI is InChI=1S/C29H32N2O2.HI/c1-31(19-4-3-5-20-31)22-24-9-14-27(15-10-24)30-29(32)18-11-23-7-6-8-26(21-23)25-12-16-28(33-2)17-13-25;/h6-18,21H,3-5,19-20,22H2,1-2H3;1H/b18-11+;. The Kier molecular flexibility index (Phi) is 9.30. The van der Waals surface area contributed by atoms with Crippen LogP contribution in [0.2, 0.25) is 0 Å². The molecule has 0 unspecified atom stereocenters. The Balaban J connectivity index is 0.00000324.